The van der Waals surface area contributed by atoms with Gasteiger partial charge in [-0.3, -0.25) is 0 Å². The normalized spacial score (nSPS) is 15.8. The van der Waals surface area contributed by atoms with E-state index in [-0.39, 0.29) is 0 Å². The number of aryl methyl sites for hydroxylation is 2. The van der Waals surface area contributed by atoms with Gasteiger partial charge < -0.3 is 14.6 Å². The average Bonchev–Trinajstić information content (AvgIpc) is 3.17. The fourth-order valence-electron chi connectivity index (χ4n) is 4.15. The fourth-order valence-corrected chi connectivity index (χ4v) is 4.15. The molecule has 0 atom stereocenters. The molecule has 1 aromatic carbocycles. The molecule has 29 heavy (non-hydrogen) atoms. The molecule has 2 aromatic heterocycles. The molecule has 0 aliphatic carbocycles. The first-order valence-corrected chi connectivity index (χ1v) is 10.8. The summed E-state index contributed by atoms with van der Waals surface area (Å²) in [4.78, 5) is 15.0. The first-order valence-electron chi connectivity index (χ1n) is 10.8. The summed E-state index contributed by atoms with van der Waals surface area (Å²) in [5.41, 5.74) is 5.59. The molecule has 0 bridgehead atoms. The zero-order chi connectivity index (χ0) is 20.2. The Balaban J connectivity index is 1.31. The number of aromatic nitrogens is 3. The molecule has 5 heteroatoms. The highest BCUT2D eigenvalue weighted by molar-refractivity contribution is 5.83. The van der Waals surface area contributed by atoms with Crippen molar-refractivity contribution in [3.05, 3.63) is 41.6 Å². The summed E-state index contributed by atoms with van der Waals surface area (Å²) in [6.45, 7) is 7.46. The van der Waals surface area contributed by atoms with Crippen molar-refractivity contribution < 1.29 is 4.74 Å². The Hall–Kier alpha value is -2.40. The van der Waals surface area contributed by atoms with Crippen LogP contribution < -0.4 is 4.74 Å². The summed E-state index contributed by atoms with van der Waals surface area (Å²) in [6, 6.07) is 8.19. The maximum atomic E-state index is 5.93. The number of likely N-dealkylation sites (tertiary alicyclic amines) is 1. The van der Waals surface area contributed by atoms with E-state index < -0.39 is 0 Å². The van der Waals surface area contributed by atoms with Gasteiger partial charge in [0.15, 0.2) is 0 Å². The van der Waals surface area contributed by atoms with Crippen LogP contribution in [0.25, 0.3) is 22.4 Å². The molecule has 0 spiro atoms. The number of rotatable bonds is 7. The van der Waals surface area contributed by atoms with E-state index in [2.05, 4.69) is 47.9 Å². The lowest BCUT2D eigenvalue weighted by molar-refractivity contribution is 0.205. The first-order chi connectivity index (χ1) is 14.1. The number of H-pyrrole nitrogens is 1. The lowest BCUT2D eigenvalue weighted by Crippen LogP contribution is -2.30. The van der Waals surface area contributed by atoms with Crippen LogP contribution in [0.2, 0.25) is 0 Å². The molecule has 0 unspecified atom stereocenters. The molecule has 1 aliphatic rings. The Kier molecular flexibility index (Phi) is 6.14. The van der Waals surface area contributed by atoms with Gasteiger partial charge in [0, 0.05) is 17.8 Å². The van der Waals surface area contributed by atoms with Crippen molar-refractivity contribution in [2.45, 2.75) is 46.0 Å². The number of fused-ring (bicyclic) bond motifs is 1. The van der Waals surface area contributed by atoms with Gasteiger partial charge in [0.2, 0.25) is 5.88 Å². The quantitative estimate of drug-likeness (QED) is 0.566. The predicted octanol–water partition coefficient (Wildman–Crippen LogP) is 5.13. The third kappa shape index (κ3) is 4.78. The molecule has 1 fully saturated rings. The number of piperidine rings is 1. The monoisotopic (exact) mass is 392 g/mol. The number of pyridine rings is 1. The standard InChI is InChI=1S/C24H32N4O/c1-17-7-8-21-23(18(17)2)27-24(26-21)20-9-12-25-22(16-20)29-15-5-4-6-19-10-13-28(3)14-11-19/h7-9,12,16,19H,4-6,10-11,13-15H2,1-3H3,(H,26,27). The van der Waals surface area contributed by atoms with E-state index >= 15 is 0 Å². The van der Waals surface area contributed by atoms with E-state index in [0.717, 1.165) is 41.4 Å². The fraction of sp³-hybridized carbons (Fsp3) is 0.500. The van der Waals surface area contributed by atoms with Crippen molar-refractivity contribution in [1.82, 2.24) is 19.9 Å². The summed E-state index contributed by atoms with van der Waals surface area (Å²) in [6.07, 6.45) is 8.13. The van der Waals surface area contributed by atoms with Crippen molar-refractivity contribution in [2.24, 2.45) is 5.92 Å². The Morgan fingerprint density at radius 1 is 1.14 bits per heavy atom. The maximum absolute atomic E-state index is 5.93. The zero-order valence-electron chi connectivity index (χ0n) is 17.9. The van der Waals surface area contributed by atoms with Crippen LogP contribution in [0, 0.1) is 19.8 Å². The molecule has 1 N–H and O–H groups in total. The first kappa shape index (κ1) is 19.9. The van der Waals surface area contributed by atoms with E-state index in [4.69, 9.17) is 9.72 Å². The van der Waals surface area contributed by atoms with Crippen LogP contribution >= 0.6 is 0 Å². The molecule has 3 aromatic rings. The Morgan fingerprint density at radius 2 is 1.97 bits per heavy atom. The number of hydrogen-bond acceptors (Lipinski definition) is 4. The van der Waals surface area contributed by atoms with Crippen LogP contribution in [0.3, 0.4) is 0 Å². The van der Waals surface area contributed by atoms with Gasteiger partial charge in [0.05, 0.1) is 17.6 Å². The van der Waals surface area contributed by atoms with Crippen LogP contribution in [0.1, 0.15) is 43.2 Å². The minimum Gasteiger partial charge on any atom is -0.478 e. The average molecular weight is 393 g/mol. The predicted molar refractivity (Wildman–Crippen MR) is 118 cm³/mol. The Morgan fingerprint density at radius 3 is 2.79 bits per heavy atom. The Bertz CT molecular complexity index is 957. The van der Waals surface area contributed by atoms with Gasteiger partial charge in [-0.2, -0.15) is 0 Å². The van der Waals surface area contributed by atoms with Gasteiger partial charge in [0.1, 0.15) is 5.82 Å². The minimum atomic E-state index is 0.676. The van der Waals surface area contributed by atoms with E-state index in [1.807, 2.05) is 12.1 Å². The number of nitrogens with zero attached hydrogens (tertiary/aromatic N) is 3. The summed E-state index contributed by atoms with van der Waals surface area (Å²) in [5, 5.41) is 0. The summed E-state index contributed by atoms with van der Waals surface area (Å²) >= 11 is 0. The summed E-state index contributed by atoms with van der Waals surface area (Å²) in [5.74, 6) is 2.44. The molecule has 4 rings (SSSR count). The number of hydrogen-bond donors (Lipinski definition) is 1. The molecule has 0 saturated carbocycles. The molecular formula is C24H32N4O. The highest BCUT2D eigenvalue weighted by Crippen LogP contribution is 2.26. The van der Waals surface area contributed by atoms with Gasteiger partial charge in [-0.1, -0.05) is 12.5 Å². The number of nitrogens with one attached hydrogen (secondary N) is 1. The third-order valence-corrected chi connectivity index (χ3v) is 6.28. The molecule has 5 nitrogen and oxygen atoms in total. The number of ether oxygens (including phenoxy) is 1. The van der Waals surface area contributed by atoms with Crippen molar-refractivity contribution in [1.29, 1.82) is 0 Å². The highest BCUT2D eigenvalue weighted by atomic mass is 16.5. The molecular weight excluding hydrogens is 360 g/mol. The second-order valence-corrected chi connectivity index (χ2v) is 8.46. The minimum absolute atomic E-state index is 0.676. The van der Waals surface area contributed by atoms with Gasteiger partial charge in [-0.25, -0.2) is 9.97 Å². The van der Waals surface area contributed by atoms with Gasteiger partial charge in [0.25, 0.3) is 0 Å². The van der Waals surface area contributed by atoms with Crippen molar-refractivity contribution in [3.8, 4) is 17.3 Å². The van der Waals surface area contributed by atoms with Gasteiger partial charge >= 0.3 is 0 Å². The smallest absolute Gasteiger partial charge is 0.213 e. The second-order valence-electron chi connectivity index (χ2n) is 8.46. The van der Waals surface area contributed by atoms with Crippen LogP contribution in [0.5, 0.6) is 5.88 Å². The van der Waals surface area contributed by atoms with E-state index in [1.165, 1.54) is 49.9 Å². The van der Waals surface area contributed by atoms with Gasteiger partial charge in [-0.05, 0) is 88.8 Å². The number of benzene rings is 1. The maximum Gasteiger partial charge on any atom is 0.213 e. The molecule has 1 saturated heterocycles. The van der Waals surface area contributed by atoms with Crippen LogP contribution in [-0.4, -0.2) is 46.6 Å². The van der Waals surface area contributed by atoms with Crippen LogP contribution in [-0.2, 0) is 0 Å². The lowest BCUT2D eigenvalue weighted by Gasteiger charge is -2.28. The molecule has 154 valence electrons. The van der Waals surface area contributed by atoms with Gasteiger partial charge in [-0.15, -0.1) is 0 Å². The van der Waals surface area contributed by atoms with Crippen LogP contribution in [0.15, 0.2) is 30.5 Å². The largest absolute Gasteiger partial charge is 0.478 e. The Labute approximate surface area is 173 Å². The van der Waals surface area contributed by atoms with E-state index in [1.54, 1.807) is 6.20 Å². The number of imidazole rings is 1. The SMILES string of the molecule is Cc1ccc2[nH]c(-c3ccnc(OCCCCC4CCN(C)CC4)c3)nc2c1C. The highest BCUT2D eigenvalue weighted by Gasteiger charge is 2.16. The second kappa shape index (κ2) is 8.95. The number of unbranched alkanes of at least 4 members (excludes halogenated alkanes) is 1. The summed E-state index contributed by atoms with van der Waals surface area (Å²) in [7, 11) is 2.22. The van der Waals surface area contributed by atoms with E-state index in [9.17, 15) is 0 Å². The molecule has 1 aliphatic heterocycles. The van der Waals surface area contributed by atoms with Crippen LogP contribution in [0.4, 0.5) is 0 Å². The van der Waals surface area contributed by atoms with Crippen molar-refractivity contribution >= 4 is 11.0 Å². The molecule has 3 heterocycles. The zero-order valence-corrected chi connectivity index (χ0v) is 17.9. The van der Waals surface area contributed by atoms with Crippen molar-refractivity contribution in [2.75, 3.05) is 26.7 Å². The van der Waals surface area contributed by atoms with Crippen molar-refractivity contribution in [3.63, 3.8) is 0 Å². The molecule has 0 amide bonds. The third-order valence-electron chi connectivity index (χ3n) is 6.28. The topological polar surface area (TPSA) is 54.0 Å². The van der Waals surface area contributed by atoms with E-state index in [0.29, 0.717) is 5.88 Å². The summed E-state index contributed by atoms with van der Waals surface area (Å²) < 4.78 is 5.93. The number of aromatic amines is 1. The molecule has 0 radical (unpaired) electrons. The lowest BCUT2D eigenvalue weighted by atomic mass is 9.92.